The quantitative estimate of drug-likeness (QED) is 0.762. The maximum atomic E-state index is 3.45. The Balaban J connectivity index is 1.98. The van der Waals surface area contributed by atoms with Crippen molar-refractivity contribution in [3.63, 3.8) is 0 Å². The van der Waals surface area contributed by atoms with E-state index >= 15 is 0 Å². The van der Waals surface area contributed by atoms with Crippen molar-refractivity contribution in [1.82, 2.24) is 0 Å². The summed E-state index contributed by atoms with van der Waals surface area (Å²) in [6.07, 6.45) is 0. The molecule has 0 heterocycles. The molecule has 0 aliphatic heterocycles. The summed E-state index contributed by atoms with van der Waals surface area (Å²) in [5.74, 6) is 0.600. The minimum Gasteiger partial charge on any atom is -0.381 e. The van der Waals surface area contributed by atoms with Gasteiger partial charge in [-0.3, -0.25) is 0 Å². The number of hydrogen-bond donors (Lipinski definition) is 1. The van der Waals surface area contributed by atoms with Crippen molar-refractivity contribution in [3.05, 3.63) is 63.2 Å². The molecule has 0 atom stereocenters. The molecule has 0 fully saturated rings. The summed E-state index contributed by atoms with van der Waals surface area (Å²) in [4.78, 5) is 0. The van der Waals surface area contributed by atoms with Gasteiger partial charge < -0.3 is 5.32 Å². The van der Waals surface area contributed by atoms with Gasteiger partial charge in [-0.05, 0) is 57.8 Å². The van der Waals surface area contributed by atoms with Crippen LogP contribution >= 0.6 is 22.6 Å². The third-order valence-electron chi connectivity index (χ3n) is 2.97. The highest BCUT2D eigenvalue weighted by molar-refractivity contribution is 14.1. The van der Waals surface area contributed by atoms with Gasteiger partial charge in [-0.2, -0.15) is 0 Å². The van der Waals surface area contributed by atoms with Crippen LogP contribution in [0.25, 0.3) is 0 Å². The summed E-state index contributed by atoms with van der Waals surface area (Å²) in [6.45, 7) is 5.32. The van der Waals surface area contributed by atoms with E-state index in [9.17, 15) is 0 Å². The van der Waals surface area contributed by atoms with E-state index in [-0.39, 0.29) is 0 Å². The zero-order valence-electron chi connectivity index (χ0n) is 10.8. The second-order valence-electron chi connectivity index (χ2n) is 4.76. The molecule has 0 spiro atoms. The van der Waals surface area contributed by atoms with Crippen LogP contribution in [0.3, 0.4) is 0 Å². The average molecular weight is 351 g/mol. The standard InChI is InChI=1S/C16H18IN/c1-12(2)14-8-6-13(7-9-14)11-18-16-5-3-4-15(17)10-16/h3-10,12,18H,11H2,1-2H3. The van der Waals surface area contributed by atoms with E-state index in [2.05, 4.69) is 90.3 Å². The first-order chi connectivity index (χ1) is 8.65. The van der Waals surface area contributed by atoms with Crippen LogP contribution in [0.4, 0.5) is 5.69 Å². The molecule has 0 aliphatic carbocycles. The van der Waals surface area contributed by atoms with Crippen molar-refractivity contribution in [2.75, 3.05) is 5.32 Å². The van der Waals surface area contributed by atoms with Gasteiger partial charge >= 0.3 is 0 Å². The van der Waals surface area contributed by atoms with Crippen LogP contribution in [0.1, 0.15) is 30.9 Å². The maximum Gasteiger partial charge on any atom is 0.0400 e. The van der Waals surface area contributed by atoms with E-state index in [1.807, 2.05) is 0 Å². The van der Waals surface area contributed by atoms with Crippen LogP contribution in [-0.2, 0) is 6.54 Å². The van der Waals surface area contributed by atoms with Crippen LogP contribution in [0.15, 0.2) is 48.5 Å². The number of halogens is 1. The Morgan fingerprint density at radius 2 is 1.78 bits per heavy atom. The van der Waals surface area contributed by atoms with E-state index in [1.165, 1.54) is 20.4 Å². The number of rotatable bonds is 4. The summed E-state index contributed by atoms with van der Waals surface area (Å²) in [6, 6.07) is 17.3. The number of anilines is 1. The first kappa shape index (κ1) is 13.4. The summed E-state index contributed by atoms with van der Waals surface area (Å²) >= 11 is 2.33. The van der Waals surface area contributed by atoms with Gasteiger partial charge in [0, 0.05) is 15.8 Å². The average Bonchev–Trinajstić information content (AvgIpc) is 2.37. The SMILES string of the molecule is CC(C)c1ccc(CNc2cccc(I)c2)cc1. The molecular weight excluding hydrogens is 333 g/mol. The van der Waals surface area contributed by atoms with Crippen molar-refractivity contribution >= 4 is 28.3 Å². The van der Waals surface area contributed by atoms with Gasteiger partial charge in [0.2, 0.25) is 0 Å². The minimum atomic E-state index is 0.600. The lowest BCUT2D eigenvalue weighted by molar-refractivity contribution is 0.865. The topological polar surface area (TPSA) is 12.0 Å². The highest BCUT2D eigenvalue weighted by atomic mass is 127. The van der Waals surface area contributed by atoms with Gasteiger partial charge in [0.15, 0.2) is 0 Å². The molecule has 2 aromatic rings. The molecule has 94 valence electrons. The summed E-state index contributed by atoms with van der Waals surface area (Å²) in [5.41, 5.74) is 3.89. The fourth-order valence-corrected chi connectivity index (χ4v) is 2.37. The summed E-state index contributed by atoms with van der Waals surface area (Å²) in [5, 5.41) is 3.45. The first-order valence-corrected chi connectivity index (χ1v) is 7.31. The maximum absolute atomic E-state index is 3.45. The van der Waals surface area contributed by atoms with Crippen molar-refractivity contribution in [1.29, 1.82) is 0 Å². The smallest absolute Gasteiger partial charge is 0.0400 e. The van der Waals surface area contributed by atoms with Crippen molar-refractivity contribution in [2.45, 2.75) is 26.3 Å². The van der Waals surface area contributed by atoms with Crippen molar-refractivity contribution in [2.24, 2.45) is 0 Å². The fourth-order valence-electron chi connectivity index (χ4n) is 1.82. The van der Waals surface area contributed by atoms with Crippen LogP contribution in [-0.4, -0.2) is 0 Å². The highest BCUT2D eigenvalue weighted by Gasteiger charge is 1.99. The third kappa shape index (κ3) is 3.73. The normalized spacial score (nSPS) is 10.7. The number of benzene rings is 2. The molecule has 2 heteroatoms. The zero-order chi connectivity index (χ0) is 13.0. The zero-order valence-corrected chi connectivity index (χ0v) is 12.9. The predicted octanol–water partition coefficient (Wildman–Crippen LogP) is 5.03. The van der Waals surface area contributed by atoms with E-state index < -0.39 is 0 Å². The summed E-state index contributed by atoms with van der Waals surface area (Å²) in [7, 11) is 0. The van der Waals surface area contributed by atoms with Crippen LogP contribution < -0.4 is 5.32 Å². The van der Waals surface area contributed by atoms with Crippen molar-refractivity contribution < 1.29 is 0 Å². The molecule has 0 saturated carbocycles. The van der Waals surface area contributed by atoms with Gasteiger partial charge in [-0.25, -0.2) is 0 Å². The van der Waals surface area contributed by atoms with Gasteiger partial charge in [-0.1, -0.05) is 44.2 Å². The lowest BCUT2D eigenvalue weighted by Gasteiger charge is -2.09. The molecule has 1 N–H and O–H groups in total. The second-order valence-corrected chi connectivity index (χ2v) is 6.01. The highest BCUT2D eigenvalue weighted by Crippen LogP contribution is 2.16. The molecular formula is C16H18IN. The fraction of sp³-hybridized carbons (Fsp3) is 0.250. The van der Waals surface area contributed by atoms with Gasteiger partial charge in [0.25, 0.3) is 0 Å². The molecule has 18 heavy (non-hydrogen) atoms. The molecule has 0 saturated heterocycles. The van der Waals surface area contributed by atoms with E-state index in [1.54, 1.807) is 0 Å². The largest absolute Gasteiger partial charge is 0.381 e. The molecule has 0 radical (unpaired) electrons. The molecule has 0 amide bonds. The predicted molar refractivity (Wildman–Crippen MR) is 87.0 cm³/mol. The molecule has 0 unspecified atom stereocenters. The lowest BCUT2D eigenvalue weighted by atomic mass is 10.0. The Kier molecular flexibility index (Phi) is 4.64. The Hall–Kier alpha value is -1.03. The van der Waals surface area contributed by atoms with E-state index in [0.29, 0.717) is 5.92 Å². The first-order valence-electron chi connectivity index (χ1n) is 6.23. The Morgan fingerprint density at radius 3 is 2.39 bits per heavy atom. The Morgan fingerprint density at radius 1 is 1.06 bits per heavy atom. The minimum absolute atomic E-state index is 0.600. The second kappa shape index (κ2) is 6.23. The summed E-state index contributed by atoms with van der Waals surface area (Å²) < 4.78 is 1.26. The Labute approximate surface area is 123 Å². The molecule has 0 bridgehead atoms. The molecule has 2 aromatic carbocycles. The van der Waals surface area contributed by atoms with Crippen LogP contribution in [0, 0.1) is 3.57 Å². The molecule has 0 aliphatic rings. The monoisotopic (exact) mass is 351 g/mol. The van der Waals surface area contributed by atoms with Gasteiger partial charge in [0.05, 0.1) is 0 Å². The van der Waals surface area contributed by atoms with Crippen LogP contribution in [0.5, 0.6) is 0 Å². The number of hydrogen-bond acceptors (Lipinski definition) is 1. The van der Waals surface area contributed by atoms with Gasteiger partial charge in [0.1, 0.15) is 0 Å². The number of nitrogens with one attached hydrogen (secondary N) is 1. The van der Waals surface area contributed by atoms with E-state index in [4.69, 9.17) is 0 Å². The molecule has 1 nitrogen and oxygen atoms in total. The van der Waals surface area contributed by atoms with Gasteiger partial charge in [-0.15, -0.1) is 0 Å². The van der Waals surface area contributed by atoms with Crippen molar-refractivity contribution in [3.8, 4) is 0 Å². The van der Waals surface area contributed by atoms with E-state index in [0.717, 1.165) is 6.54 Å². The lowest BCUT2D eigenvalue weighted by Crippen LogP contribution is -1.99. The molecule has 0 aromatic heterocycles. The third-order valence-corrected chi connectivity index (χ3v) is 3.64. The molecule has 2 rings (SSSR count). The Bertz CT molecular complexity index is 503. The van der Waals surface area contributed by atoms with Crippen LogP contribution in [0.2, 0.25) is 0 Å².